The summed E-state index contributed by atoms with van der Waals surface area (Å²) in [6.07, 6.45) is 2.29. The largest absolute Gasteiger partial charge is 0.444 e. The van der Waals surface area contributed by atoms with Gasteiger partial charge >= 0.3 is 6.09 Å². The van der Waals surface area contributed by atoms with Crippen LogP contribution in [0.4, 0.5) is 10.5 Å². The van der Waals surface area contributed by atoms with Crippen molar-refractivity contribution in [1.29, 1.82) is 0 Å². The predicted octanol–water partition coefficient (Wildman–Crippen LogP) is 3.02. The molecule has 1 N–H and O–H groups in total. The van der Waals surface area contributed by atoms with Crippen LogP contribution in [0.15, 0.2) is 30.3 Å². The number of anilines is 1. The van der Waals surface area contributed by atoms with Gasteiger partial charge in [0.2, 0.25) is 11.8 Å². The number of hydrogen-bond donors (Lipinski definition) is 1. The van der Waals surface area contributed by atoms with Crippen molar-refractivity contribution < 1.29 is 19.1 Å². The van der Waals surface area contributed by atoms with Crippen molar-refractivity contribution in [3.63, 3.8) is 0 Å². The number of hydrogen-bond acceptors (Lipinski definition) is 4. The van der Waals surface area contributed by atoms with Crippen molar-refractivity contribution in [2.24, 2.45) is 0 Å². The number of nitrogens with zero attached hydrogens (tertiary/aromatic N) is 2. The lowest BCUT2D eigenvalue weighted by atomic mass is 10.1. The number of rotatable bonds is 3. The normalized spacial score (nSPS) is 22.2. The molecule has 0 unspecified atom stereocenters. The molecule has 1 aromatic carbocycles. The van der Waals surface area contributed by atoms with E-state index in [1.165, 1.54) is 4.90 Å². The summed E-state index contributed by atoms with van der Waals surface area (Å²) in [6, 6.07) is 8.16. The second-order valence-corrected chi connectivity index (χ2v) is 8.38. The molecular weight excluding hydrogens is 358 g/mol. The molecule has 7 heteroatoms. The standard InChI is InChI=1S/C21H29N3O4/c1-21(2,3)28-20(27)24-14-8-12-17(24)19(26)23-13-7-11-16(23)18(25)22-15-9-5-4-6-10-15/h4-6,9-10,16-17H,7-8,11-14H2,1-3H3,(H,22,25)/t16-,17-/m0/s1. The van der Waals surface area contributed by atoms with Crippen LogP contribution in [0.3, 0.4) is 0 Å². The van der Waals surface area contributed by atoms with Crippen LogP contribution in [0.1, 0.15) is 46.5 Å². The maximum atomic E-state index is 13.2. The highest BCUT2D eigenvalue weighted by Gasteiger charge is 2.43. The number of amides is 3. The van der Waals surface area contributed by atoms with Crippen molar-refractivity contribution >= 4 is 23.6 Å². The maximum Gasteiger partial charge on any atom is 0.410 e. The molecule has 2 saturated heterocycles. The van der Waals surface area contributed by atoms with Gasteiger partial charge in [-0.05, 0) is 58.6 Å². The number of benzene rings is 1. The highest BCUT2D eigenvalue weighted by atomic mass is 16.6. The van der Waals surface area contributed by atoms with E-state index in [9.17, 15) is 14.4 Å². The average Bonchev–Trinajstić information content (AvgIpc) is 3.30. The minimum absolute atomic E-state index is 0.158. The Morgan fingerprint density at radius 3 is 2.21 bits per heavy atom. The average molecular weight is 387 g/mol. The molecule has 0 spiro atoms. The van der Waals surface area contributed by atoms with Crippen molar-refractivity contribution in [2.75, 3.05) is 18.4 Å². The lowest BCUT2D eigenvalue weighted by Gasteiger charge is -2.32. The minimum atomic E-state index is -0.612. The first-order valence-electron chi connectivity index (χ1n) is 9.92. The quantitative estimate of drug-likeness (QED) is 0.865. The summed E-state index contributed by atoms with van der Waals surface area (Å²) in [5, 5.41) is 2.89. The zero-order valence-corrected chi connectivity index (χ0v) is 16.8. The summed E-state index contributed by atoms with van der Waals surface area (Å²) in [4.78, 5) is 41.6. The zero-order chi connectivity index (χ0) is 20.3. The molecule has 2 aliphatic rings. The first kappa shape index (κ1) is 20.2. The van der Waals surface area contributed by atoms with E-state index < -0.39 is 23.8 Å². The number of carbonyl (C=O) groups excluding carboxylic acids is 3. The van der Waals surface area contributed by atoms with Gasteiger partial charge in [0.25, 0.3) is 0 Å². The number of nitrogens with one attached hydrogen (secondary N) is 1. The smallest absolute Gasteiger partial charge is 0.410 e. The zero-order valence-electron chi connectivity index (χ0n) is 16.8. The molecule has 2 atom stereocenters. The highest BCUT2D eigenvalue weighted by Crippen LogP contribution is 2.27. The molecule has 152 valence electrons. The van der Waals surface area contributed by atoms with E-state index in [2.05, 4.69) is 5.32 Å². The number of para-hydroxylation sites is 1. The summed E-state index contributed by atoms with van der Waals surface area (Å²) in [5.41, 5.74) is 0.0991. The van der Waals surface area contributed by atoms with Crippen LogP contribution in [0.25, 0.3) is 0 Å². The van der Waals surface area contributed by atoms with E-state index in [4.69, 9.17) is 4.74 Å². The van der Waals surface area contributed by atoms with E-state index in [-0.39, 0.29) is 11.8 Å². The van der Waals surface area contributed by atoms with Crippen LogP contribution < -0.4 is 5.32 Å². The van der Waals surface area contributed by atoms with E-state index in [0.29, 0.717) is 31.6 Å². The fourth-order valence-electron chi connectivity index (χ4n) is 3.80. The van der Waals surface area contributed by atoms with Gasteiger partial charge in [-0.3, -0.25) is 14.5 Å². The molecule has 0 aliphatic carbocycles. The fourth-order valence-corrected chi connectivity index (χ4v) is 3.80. The Morgan fingerprint density at radius 2 is 1.57 bits per heavy atom. The Bertz CT molecular complexity index is 729. The van der Waals surface area contributed by atoms with Gasteiger partial charge in [-0.25, -0.2) is 4.79 Å². The molecule has 7 nitrogen and oxygen atoms in total. The molecule has 1 aromatic rings. The third-order valence-electron chi connectivity index (χ3n) is 5.05. The fraction of sp³-hybridized carbons (Fsp3) is 0.571. The molecule has 0 radical (unpaired) electrons. The lowest BCUT2D eigenvalue weighted by Crippen LogP contribution is -2.52. The Labute approximate surface area is 166 Å². The monoisotopic (exact) mass is 387 g/mol. The van der Waals surface area contributed by atoms with E-state index in [0.717, 1.165) is 12.8 Å². The molecular formula is C21H29N3O4. The van der Waals surface area contributed by atoms with Gasteiger partial charge < -0.3 is 15.0 Å². The van der Waals surface area contributed by atoms with Crippen LogP contribution >= 0.6 is 0 Å². The van der Waals surface area contributed by atoms with Crippen molar-refractivity contribution in [1.82, 2.24) is 9.80 Å². The molecule has 28 heavy (non-hydrogen) atoms. The molecule has 2 aliphatic heterocycles. The molecule has 2 heterocycles. The lowest BCUT2D eigenvalue weighted by molar-refractivity contribution is -0.140. The van der Waals surface area contributed by atoms with Crippen LogP contribution in [0.2, 0.25) is 0 Å². The van der Waals surface area contributed by atoms with Crippen LogP contribution in [0, 0.1) is 0 Å². The summed E-state index contributed by atoms with van der Waals surface area (Å²) < 4.78 is 5.45. The van der Waals surface area contributed by atoms with Gasteiger partial charge in [0, 0.05) is 18.8 Å². The number of carbonyl (C=O) groups is 3. The van der Waals surface area contributed by atoms with E-state index in [1.807, 2.05) is 51.1 Å². The van der Waals surface area contributed by atoms with Gasteiger partial charge in [0.15, 0.2) is 0 Å². The van der Waals surface area contributed by atoms with Crippen molar-refractivity contribution in [3.8, 4) is 0 Å². The molecule has 3 amide bonds. The predicted molar refractivity (Wildman–Crippen MR) is 106 cm³/mol. The molecule has 2 fully saturated rings. The molecule has 3 rings (SSSR count). The SMILES string of the molecule is CC(C)(C)OC(=O)N1CCC[C@H]1C(=O)N1CCC[C@H]1C(=O)Nc1ccccc1. The Kier molecular flexibility index (Phi) is 5.91. The third kappa shape index (κ3) is 4.64. The summed E-state index contributed by atoms with van der Waals surface area (Å²) >= 11 is 0. The van der Waals surface area contributed by atoms with Gasteiger partial charge in [-0.15, -0.1) is 0 Å². The second-order valence-electron chi connectivity index (χ2n) is 8.38. The van der Waals surface area contributed by atoms with E-state index in [1.54, 1.807) is 4.90 Å². The van der Waals surface area contributed by atoms with E-state index >= 15 is 0 Å². The van der Waals surface area contributed by atoms with Gasteiger partial charge in [0.05, 0.1) is 0 Å². The maximum absolute atomic E-state index is 13.2. The van der Waals surface area contributed by atoms with Crippen LogP contribution in [-0.2, 0) is 14.3 Å². The van der Waals surface area contributed by atoms with Gasteiger partial charge in [0.1, 0.15) is 17.7 Å². The number of ether oxygens (including phenoxy) is 1. The molecule has 0 aromatic heterocycles. The van der Waals surface area contributed by atoms with Crippen molar-refractivity contribution in [2.45, 2.75) is 64.1 Å². The topological polar surface area (TPSA) is 79.0 Å². The highest BCUT2D eigenvalue weighted by molar-refractivity contribution is 5.98. The van der Waals surface area contributed by atoms with Crippen LogP contribution in [-0.4, -0.2) is 58.5 Å². The first-order valence-corrected chi connectivity index (χ1v) is 9.92. The summed E-state index contributed by atoms with van der Waals surface area (Å²) in [5.74, 6) is -0.340. The Hall–Kier alpha value is -2.57. The van der Waals surface area contributed by atoms with Gasteiger partial charge in [-0.2, -0.15) is 0 Å². The second kappa shape index (κ2) is 8.20. The van der Waals surface area contributed by atoms with Crippen LogP contribution in [0.5, 0.6) is 0 Å². The molecule has 0 saturated carbocycles. The first-order chi connectivity index (χ1) is 13.3. The Balaban J connectivity index is 1.68. The minimum Gasteiger partial charge on any atom is -0.444 e. The number of likely N-dealkylation sites (tertiary alicyclic amines) is 2. The van der Waals surface area contributed by atoms with Gasteiger partial charge in [-0.1, -0.05) is 18.2 Å². The third-order valence-corrected chi connectivity index (χ3v) is 5.05. The summed E-state index contributed by atoms with van der Waals surface area (Å²) in [7, 11) is 0. The Morgan fingerprint density at radius 1 is 0.964 bits per heavy atom. The van der Waals surface area contributed by atoms with Crippen molar-refractivity contribution in [3.05, 3.63) is 30.3 Å². The summed E-state index contributed by atoms with van der Waals surface area (Å²) in [6.45, 7) is 6.46. The molecule has 0 bridgehead atoms.